The van der Waals surface area contributed by atoms with Crippen LogP contribution in [0.5, 0.6) is 0 Å². The van der Waals surface area contributed by atoms with Crippen molar-refractivity contribution in [1.82, 2.24) is 4.98 Å². The second-order valence-electron chi connectivity index (χ2n) is 6.63. The molecule has 0 aliphatic rings. The fourth-order valence-corrected chi connectivity index (χ4v) is 4.00. The van der Waals surface area contributed by atoms with Crippen LogP contribution in [0.4, 0.5) is 23.0 Å². The number of para-hydroxylation sites is 2. The lowest BCUT2D eigenvalue weighted by atomic mass is 10.1. The molecule has 0 spiro atoms. The molecule has 11 heteroatoms. The van der Waals surface area contributed by atoms with Gasteiger partial charge in [0.15, 0.2) is 0 Å². The van der Waals surface area contributed by atoms with Gasteiger partial charge in [-0.25, -0.2) is 10.2 Å². The zero-order valence-corrected chi connectivity index (χ0v) is 18.5. The maximum absolute atomic E-state index is 11.7. The smallest absolute Gasteiger partial charge is 0.296 e. The molecule has 3 aromatic rings. The topological polar surface area (TPSA) is 130 Å². The molecular weight excluding hydrogens is 442 g/mol. The first-order valence-corrected chi connectivity index (χ1v) is 11.2. The van der Waals surface area contributed by atoms with Crippen LogP contribution in [-0.4, -0.2) is 23.2 Å². The summed E-state index contributed by atoms with van der Waals surface area (Å²) >= 11 is 0.818. The normalized spacial score (nSPS) is 11.4. The molecule has 31 heavy (non-hydrogen) atoms. The van der Waals surface area contributed by atoms with E-state index < -0.39 is 10.1 Å². The van der Waals surface area contributed by atoms with E-state index in [4.69, 9.17) is 5.26 Å². The maximum Gasteiger partial charge on any atom is 0.296 e. The zero-order chi connectivity index (χ0) is 22.6. The van der Waals surface area contributed by atoms with Crippen molar-refractivity contribution < 1.29 is 27.6 Å². The number of hydrogen-bond acceptors (Lipinski definition) is 9. The highest BCUT2D eigenvalue weighted by Gasteiger charge is 2.18. The van der Waals surface area contributed by atoms with E-state index in [2.05, 4.69) is 25.0 Å². The minimum absolute atomic E-state index is 0.208. The molecule has 9 nitrogen and oxygen atoms in total. The molecule has 0 radical (unpaired) electrons. The number of anilines is 4. The van der Waals surface area contributed by atoms with Gasteiger partial charge < -0.3 is 10.6 Å². The van der Waals surface area contributed by atoms with Crippen molar-refractivity contribution in [3.63, 3.8) is 0 Å². The highest BCUT2D eigenvalue weighted by Crippen LogP contribution is 2.34. The molecule has 0 saturated heterocycles. The fourth-order valence-electron chi connectivity index (χ4n) is 2.90. The summed E-state index contributed by atoms with van der Waals surface area (Å²) in [5, 5.41) is 18.4. The van der Waals surface area contributed by atoms with E-state index in [0.29, 0.717) is 22.2 Å². The fraction of sp³-hybridized carbons (Fsp3) is 0.150. The van der Waals surface area contributed by atoms with Gasteiger partial charge in [0.1, 0.15) is 16.5 Å². The van der Waals surface area contributed by atoms with Gasteiger partial charge in [0.25, 0.3) is 10.1 Å². The summed E-state index contributed by atoms with van der Waals surface area (Å²) in [5.74, 6) is 0.967. The Balaban J connectivity index is 2.02. The molecule has 0 unspecified atom stereocenters. The Bertz CT molecular complexity index is 1200. The van der Waals surface area contributed by atoms with Crippen LogP contribution in [0.3, 0.4) is 0 Å². The number of hydrogen-bond donors (Lipinski definition) is 4. The first kappa shape index (κ1) is 23.0. The molecule has 2 aromatic carbocycles. The highest BCUT2D eigenvalue weighted by atomic mass is 32.2. The first-order valence-electron chi connectivity index (χ1n) is 9.04. The molecule has 1 aromatic heterocycles. The van der Waals surface area contributed by atoms with Crippen LogP contribution in [0.1, 0.15) is 16.7 Å². The molecule has 0 bridgehead atoms. The van der Waals surface area contributed by atoms with Crippen molar-refractivity contribution in [3.8, 4) is 0 Å². The minimum atomic E-state index is -4.41. The van der Waals surface area contributed by atoms with Crippen molar-refractivity contribution in [2.24, 2.45) is 0 Å². The van der Waals surface area contributed by atoms with Crippen LogP contribution in [0, 0.1) is 20.8 Å². The maximum atomic E-state index is 11.7. The second kappa shape index (κ2) is 9.64. The third kappa shape index (κ3) is 5.34. The van der Waals surface area contributed by atoms with Crippen LogP contribution in [0.2, 0.25) is 0 Å². The third-order valence-corrected chi connectivity index (χ3v) is 6.35. The summed E-state index contributed by atoms with van der Waals surface area (Å²) in [4.78, 5) is 5.04. The molecule has 164 valence electrons. The Kier molecular flexibility index (Phi) is 7.15. The number of benzene rings is 2. The lowest BCUT2D eigenvalue weighted by molar-refractivity contribution is -0.432. The van der Waals surface area contributed by atoms with Gasteiger partial charge in [-0.05, 0) is 61.7 Å². The van der Waals surface area contributed by atoms with Crippen LogP contribution in [0.15, 0.2) is 58.3 Å². The number of pyridine rings is 1. The molecule has 0 fully saturated rings. The summed E-state index contributed by atoms with van der Waals surface area (Å²) in [6.07, 6.45) is 0. The van der Waals surface area contributed by atoms with Gasteiger partial charge in [-0.15, -0.1) is 4.33 Å². The molecule has 0 aliphatic heterocycles. The van der Waals surface area contributed by atoms with Crippen LogP contribution >= 0.6 is 12.0 Å². The first-order chi connectivity index (χ1) is 14.7. The minimum Gasteiger partial charge on any atom is -0.339 e. The predicted molar refractivity (Wildman–Crippen MR) is 118 cm³/mol. The lowest BCUT2D eigenvalue weighted by Crippen LogP contribution is -2.08. The Hall–Kier alpha value is -2.67. The standard InChI is InChI=1S/C20H21N3O6S2/c1-12-13(2)19(21-15-8-4-6-10-17(15)30-29-28-24)23-20(14(12)3)22-16-9-5-7-11-18(16)31(25,26)27/h4-11,24H,1-3H3,(H2,21,22,23)(H,25,26,27). The van der Waals surface area contributed by atoms with Crippen molar-refractivity contribution in [1.29, 1.82) is 0 Å². The third-order valence-electron chi connectivity index (χ3n) is 4.77. The molecule has 0 saturated carbocycles. The van der Waals surface area contributed by atoms with Crippen LogP contribution < -0.4 is 10.6 Å². The summed E-state index contributed by atoms with van der Waals surface area (Å²) < 4.78 is 37.5. The summed E-state index contributed by atoms with van der Waals surface area (Å²) in [7, 11) is -4.41. The molecule has 1 heterocycles. The van der Waals surface area contributed by atoms with E-state index in [0.717, 1.165) is 28.7 Å². The van der Waals surface area contributed by atoms with Gasteiger partial charge >= 0.3 is 0 Å². The van der Waals surface area contributed by atoms with Gasteiger partial charge in [-0.3, -0.25) is 4.55 Å². The van der Waals surface area contributed by atoms with Crippen LogP contribution in [-0.2, 0) is 19.5 Å². The molecule has 0 aliphatic carbocycles. The number of rotatable bonds is 8. The Labute approximate surface area is 184 Å². The average molecular weight is 464 g/mol. The van der Waals surface area contributed by atoms with Gasteiger partial charge in [-0.2, -0.15) is 8.42 Å². The monoisotopic (exact) mass is 463 g/mol. The van der Waals surface area contributed by atoms with Crippen molar-refractivity contribution in [2.75, 3.05) is 10.6 Å². The van der Waals surface area contributed by atoms with Gasteiger partial charge in [0, 0.05) is 0 Å². The second-order valence-corrected chi connectivity index (χ2v) is 8.76. The SMILES string of the molecule is Cc1c(Nc2ccccc2SOOO)nc(Nc2ccccc2S(=O)(=O)O)c(C)c1C. The Morgan fingerprint density at radius 3 is 2.03 bits per heavy atom. The Morgan fingerprint density at radius 2 is 1.42 bits per heavy atom. The van der Waals surface area contributed by atoms with Gasteiger partial charge in [0.05, 0.1) is 28.3 Å². The summed E-state index contributed by atoms with van der Waals surface area (Å²) in [6, 6.07) is 13.2. The average Bonchev–Trinajstić information content (AvgIpc) is 2.74. The van der Waals surface area contributed by atoms with Crippen molar-refractivity contribution in [3.05, 3.63) is 65.2 Å². The number of nitrogens with zero attached hydrogens (tertiary/aromatic N) is 1. The van der Waals surface area contributed by atoms with Crippen LogP contribution in [0.25, 0.3) is 0 Å². The van der Waals surface area contributed by atoms with E-state index in [1.54, 1.807) is 30.3 Å². The van der Waals surface area contributed by atoms with E-state index in [1.807, 2.05) is 26.8 Å². The van der Waals surface area contributed by atoms with E-state index >= 15 is 0 Å². The van der Waals surface area contributed by atoms with E-state index in [9.17, 15) is 13.0 Å². The van der Waals surface area contributed by atoms with Gasteiger partial charge in [-0.1, -0.05) is 29.3 Å². The Morgan fingerprint density at radius 1 is 0.871 bits per heavy atom. The molecule has 4 N–H and O–H groups in total. The predicted octanol–water partition coefficient (Wildman–Crippen LogP) is 5.17. The largest absolute Gasteiger partial charge is 0.339 e. The summed E-state index contributed by atoms with van der Waals surface area (Å²) in [6.45, 7) is 5.71. The molecular formula is C20H21N3O6S2. The summed E-state index contributed by atoms with van der Waals surface area (Å²) in [5.41, 5.74) is 3.54. The van der Waals surface area contributed by atoms with Gasteiger partial charge in [0.2, 0.25) is 0 Å². The molecule has 3 rings (SSSR count). The quantitative estimate of drug-likeness (QED) is 0.154. The molecule has 0 amide bonds. The number of aromatic nitrogens is 1. The molecule has 0 atom stereocenters. The highest BCUT2D eigenvalue weighted by molar-refractivity contribution is 7.94. The lowest BCUT2D eigenvalue weighted by Gasteiger charge is -2.19. The van der Waals surface area contributed by atoms with E-state index in [1.165, 1.54) is 12.1 Å². The number of nitrogens with one attached hydrogen (secondary N) is 2. The van der Waals surface area contributed by atoms with Crippen molar-refractivity contribution >= 4 is 45.2 Å². The zero-order valence-electron chi connectivity index (χ0n) is 16.9. The van der Waals surface area contributed by atoms with Crippen molar-refractivity contribution in [2.45, 2.75) is 30.6 Å². The van der Waals surface area contributed by atoms with E-state index in [-0.39, 0.29) is 10.6 Å².